The molecule has 1 aromatic carbocycles. The van der Waals surface area contributed by atoms with Crippen LogP contribution in [0.1, 0.15) is 18.9 Å². The lowest BCUT2D eigenvalue weighted by Crippen LogP contribution is -2.28. The van der Waals surface area contributed by atoms with Gasteiger partial charge in [0, 0.05) is 0 Å². The number of carbonyl (C=O) groups is 1. The lowest BCUT2D eigenvalue weighted by molar-refractivity contribution is -0.124. The lowest BCUT2D eigenvalue weighted by Gasteiger charge is -2.08. The second-order valence-electron chi connectivity index (χ2n) is 5.12. The lowest BCUT2D eigenvalue weighted by atomic mass is 10.1. The van der Waals surface area contributed by atoms with Gasteiger partial charge in [-0.25, -0.2) is 13.8 Å². The van der Waals surface area contributed by atoms with Gasteiger partial charge in [0.15, 0.2) is 9.84 Å². The highest BCUT2D eigenvalue weighted by Crippen LogP contribution is 2.25. The molecule has 1 amide bonds. The number of sulfone groups is 1. The Hall–Kier alpha value is -1.41. The summed E-state index contributed by atoms with van der Waals surface area (Å²) in [5.41, 5.74) is 3.90. The normalized spacial score (nSPS) is 20.7. The van der Waals surface area contributed by atoms with Gasteiger partial charge in [-0.1, -0.05) is 0 Å². The highest BCUT2D eigenvalue weighted by Gasteiger charge is 2.32. The van der Waals surface area contributed by atoms with Crippen LogP contribution in [0.15, 0.2) is 27.8 Å². The maximum Gasteiger partial charge on any atom is 0.244 e. The van der Waals surface area contributed by atoms with Crippen LogP contribution in [-0.4, -0.2) is 38.7 Å². The van der Waals surface area contributed by atoms with E-state index in [-0.39, 0.29) is 17.4 Å². The number of ether oxygens (including phenoxy) is 1. The summed E-state index contributed by atoms with van der Waals surface area (Å²) < 4.78 is 28.7. The molecule has 0 unspecified atom stereocenters. The number of benzene rings is 1. The molecule has 2 rings (SSSR count). The predicted octanol–water partition coefficient (Wildman–Crippen LogP) is 1.73. The van der Waals surface area contributed by atoms with E-state index in [1.165, 1.54) is 0 Å². The Morgan fingerprint density at radius 2 is 2.18 bits per heavy atom. The summed E-state index contributed by atoms with van der Waals surface area (Å²) in [5.74, 6) is -0.186. The number of halogens is 1. The van der Waals surface area contributed by atoms with Gasteiger partial charge in [-0.15, -0.1) is 0 Å². The van der Waals surface area contributed by atoms with Crippen molar-refractivity contribution in [3.8, 4) is 5.75 Å². The number of hydrazone groups is 1. The zero-order chi connectivity index (χ0) is 16.3. The van der Waals surface area contributed by atoms with Crippen molar-refractivity contribution in [2.75, 3.05) is 18.6 Å². The zero-order valence-electron chi connectivity index (χ0n) is 12.3. The molecule has 8 heteroatoms. The van der Waals surface area contributed by atoms with Crippen molar-refractivity contribution in [3.63, 3.8) is 0 Å². The van der Waals surface area contributed by atoms with E-state index >= 15 is 0 Å². The fraction of sp³-hybridized carbons (Fsp3) is 0.429. The summed E-state index contributed by atoms with van der Waals surface area (Å²) in [6, 6.07) is 5.46. The number of methoxy groups -OCH3 is 1. The van der Waals surface area contributed by atoms with Gasteiger partial charge in [0.05, 0.1) is 34.7 Å². The molecule has 0 aromatic heterocycles. The topological polar surface area (TPSA) is 84.8 Å². The molecule has 1 saturated heterocycles. The van der Waals surface area contributed by atoms with Crippen molar-refractivity contribution in [3.05, 3.63) is 28.2 Å². The number of hydrogen-bond donors (Lipinski definition) is 1. The van der Waals surface area contributed by atoms with E-state index in [1.54, 1.807) is 20.1 Å². The monoisotopic (exact) mass is 388 g/mol. The minimum absolute atomic E-state index is 0.0687. The number of carbonyl (C=O) groups excluding carboxylic acids is 1. The van der Waals surface area contributed by atoms with Gasteiger partial charge < -0.3 is 4.74 Å². The number of rotatable bonds is 4. The average molecular weight is 389 g/mol. The van der Waals surface area contributed by atoms with Crippen LogP contribution in [-0.2, 0) is 14.6 Å². The first kappa shape index (κ1) is 17.0. The molecule has 0 saturated carbocycles. The molecule has 22 heavy (non-hydrogen) atoms. The van der Waals surface area contributed by atoms with E-state index < -0.39 is 15.8 Å². The molecular formula is C14H17BrN2O4S. The van der Waals surface area contributed by atoms with Crippen molar-refractivity contribution in [1.82, 2.24) is 5.43 Å². The van der Waals surface area contributed by atoms with Crippen molar-refractivity contribution in [2.24, 2.45) is 11.0 Å². The van der Waals surface area contributed by atoms with E-state index in [4.69, 9.17) is 4.74 Å². The smallest absolute Gasteiger partial charge is 0.244 e. The quantitative estimate of drug-likeness (QED) is 0.628. The maximum atomic E-state index is 11.9. The Kier molecular flexibility index (Phi) is 5.23. The van der Waals surface area contributed by atoms with Crippen molar-refractivity contribution in [2.45, 2.75) is 13.3 Å². The average Bonchev–Trinajstić information content (AvgIpc) is 2.84. The summed E-state index contributed by atoms with van der Waals surface area (Å²) >= 11 is 3.39. The highest BCUT2D eigenvalue weighted by molar-refractivity contribution is 9.10. The van der Waals surface area contributed by atoms with Crippen molar-refractivity contribution < 1.29 is 17.9 Å². The van der Waals surface area contributed by atoms with E-state index in [1.807, 2.05) is 12.1 Å². The van der Waals surface area contributed by atoms with Gasteiger partial charge in [-0.2, -0.15) is 5.10 Å². The second-order valence-corrected chi connectivity index (χ2v) is 8.21. The highest BCUT2D eigenvalue weighted by atomic mass is 79.9. The molecule has 1 N–H and O–H groups in total. The van der Waals surface area contributed by atoms with E-state index in [9.17, 15) is 13.2 Å². The molecule has 6 nitrogen and oxygen atoms in total. The van der Waals surface area contributed by atoms with Crippen LogP contribution in [0.2, 0.25) is 0 Å². The Morgan fingerprint density at radius 3 is 2.73 bits per heavy atom. The van der Waals surface area contributed by atoms with Crippen molar-refractivity contribution >= 4 is 37.4 Å². The minimum Gasteiger partial charge on any atom is -0.496 e. The molecule has 1 aliphatic heterocycles. The van der Waals surface area contributed by atoms with Crippen molar-refractivity contribution in [1.29, 1.82) is 0 Å². The molecule has 0 aliphatic carbocycles. The van der Waals surface area contributed by atoms with Gasteiger partial charge in [0.1, 0.15) is 5.75 Å². The number of nitrogens with zero attached hydrogens (tertiary/aromatic N) is 1. The summed E-state index contributed by atoms with van der Waals surface area (Å²) in [7, 11) is -1.49. The largest absolute Gasteiger partial charge is 0.496 e. The van der Waals surface area contributed by atoms with Gasteiger partial charge in [-0.3, -0.25) is 4.79 Å². The molecule has 0 radical (unpaired) electrons. The molecule has 1 aromatic rings. The van der Waals surface area contributed by atoms with Crippen LogP contribution in [0, 0.1) is 5.92 Å². The standard InChI is InChI=1S/C14H17BrN2O4S/c1-9(10-3-4-13(21-2)12(15)7-10)16-17-14(18)11-5-6-22(19,20)8-11/h3-4,7,11H,5-6,8H2,1-2H3,(H,17,18)/b16-9-/t11-/m0/s1. The fourth-order valence-electron chi connectivity index (χ4n) is 2.19. The van der Waals surface area contributed by atoms with Gasteiger partial charge in [-0.05, 0) is 53.0 Å². The number of amides is 1. The molecular weight excluding hydrogens is 372 g/mol. The Morgan fingerprint density at radius 1 is 1.45 bits per heavy atom. The second kappa shape index (κ2) is 6.78. The first-order valence-corrected chi connectivity index (χ1v) is 9.32. The molecule has 120 valence electrons. The minimum atomic E-state index is -3.07. The summed E-state index contributed by atoms with van der Waals surface area (Å²) in [5, 5.41) is 4.04. The molecule has 1 atom stereocenters. The SMILES string of the molecule is COc1ccc(/C(C)=N\NC(=O)[C@H]2CCS(=O)(=O)C2)cc1Br. The van der Waals surface area contributed by atoms with Crippen LogP contribution in [0.4, 0.5) is 0 Å². The molecule has 1 aliphatic rings. The predicted molar refractivity (Wildman–Crippen MR) is 87.8 cm³/mol. The third-order valence-corrected chi connectivity index (χ3v) is 5.89. The maximum absolute atomic E-state index is 11.9. The summed E-state index contributed by atoms with van der Waals surface area (Å²) in [6.07, 6.45) is 0.358. The Bertz CT molecular complexity index is 716. The number of hydrogen-bond acceptors (Lipinski definition) is 5. The van der Waals surface area contributed by atoms with Gasteiger partial charge in [0.25, 0.3) is 0 Å². The van der Waals surface area contributed by atoms with E-state index in [2.05, 4.69) is 26.5 Å². The molecule has 0 bridgehead atoms. The Labute approximate surface area is 138 Å². The van der Waals surface area contributed by atoms with Crippen LogP contribution in [0.3, 0.4) is 0 Å². The summed E-state index contributed by atoms with van der Waals surface area (Å²) in [6.45, 7) is 1.76. The molecule has 0 spiro atoms. The van der Waals surface area contributed by atoms with Crippen LogP contribution in [0.25, 0.3) is 0 Å². The third-order valence-electron chi connectivity index (χ3n) is 3.51. The van der Waals surface area contributed by atoms with E-state index in [0.717, 1.165) is 10.0 Å². The summed E-state index contributed by atoms with van der Waals surface area (Å²) in [4.78, 5) is 11.9. The number of nitrogens with one attached hydrogen (secondary N) is 1. The fourth-order valence-corrected chi connectivity index (χ4v) is 4.47. The third kappa shape index (κ3) is 4.07. The first-order valence-electron chi connectivity index (χ1n) is 6.71. The van der Waals surface area contributed by atoms with Crippen LogP contribution in [0.5, 0.6) is 5.75 Å². The van der Waals surface area contributed by atoms with Gasteiger partial charge >= 0.3 is 0 Å². The molecule has 1 heterocycles. The molecule has 1 fully saturated rings. The van der Waals surface area contributed by atoms with E-state index in [0.29, 0.717) is 17.9 Å². The zero-order valence-corrected chi connectivity index (χ0v) is 14.7. The van der Waals surface area contributed by atoms with Crippen LogP contribution >= 0.6 is 15.9 Å². The van der Waals surface area contributed by atoms with Crippen LogP contribution < -0.4 is 10.2 Å². The van der Waals surface area contributed by atoms with Gasteiger partial charge in [0.2, 0.25) is 5.91 Å². The Balaban J connectivity index is 2.03. The first-order chi connectivity index (χ1) is 10.3.